The molecule has 0 bridgehead atoms. The quantitative estimate of drug-likeness (QED) is 0.257. The first-order valence-electron chi connectivity index (χ1n) is 14.8. The van der Waals surface area contributed by atoms with Crippen LogP contribution in [0, 0.1) is 17.8 Å². The Labute approximate surface area is 232 Å². The third-order valence-electron chi connectivity index (χ3n) is 9.63. The number of amides is 1. The molecule has 2 fully saturated rings. The molecule has 1 aromatic heterocycles. The van der Waals surface area contributed by atoms with Gasteiger partial charge >= 0.3 is 6.01 Å². The highest BCUT2D eigenvalue weighted by atomic mass is 16.5. The molecule has 1 saturated carbocycles. The predicted molar refractivity (Wildman–Crippen MR) is 153 cm³/mol. The minimum Gasteiger partial charge on any atom is -0.463 e. The van der Waals surface area contributed by atoms with Crippen LogP contribution in [0.4, 0.5) is 0 Å². The average molecular weight is 528 g/mol. The van der Waals surface area contributed by atoms with E-state index >= 15 is 0 Å². The van der Waals surface area contributed by atoms with Gasteiger partial charge in [0.25, 0.3) is 5.91 Å². The Morgan fingerprint density at radius 1 is 1.00 bits per heavy atom. The van der Waals surface area contributed by atoms with Crippen molar-refractivity contribution in [3.63, 3.8) is 0 Å². The summed E-state index contributed by atoms with van der Waals surface area (Å²) < 4.78 is 11.7. The summed E-state index contributed by atoms with van der Waals surface area (Å²) in [6.07, 6.45) is 9.05. The van der Waals surface area contributed by atoms with Crippen LogP contribution in [0.25, 0.3) is 10.8 Å². The number of carbonyl (C=O) groups excluding carboxylic acids is 1. The normalized spacial score (nSPS) is 18.6. The number of aromatic nitrogens is 2. The van der Waals surface area contributed by atoms with E-state index in [0.29, 0.717) is 36.5 Å². The van der Waals surface area contributed by atoms with Crippen molar-refractivity contribution >= 4 is 16.7 Å². The van der Waals surface area contributed by atoms with Crippen LogP contribution in [-0.4, -0.2) is 40.6 Å². The van der Waals surface area contributed by atoms with Crippen LogP contribution in [0.5, 0.6) is 6.01 Å². The van der Waals surface area contributed by atoms with Crippen molar-refractivity contribution < 1.29 is 14.3 Å². The molecule has 1 amide bonds. The van der Waals surface area contributed by atoms with Crippen molar-refractivity contribution in [1.29, 1.82) is 0 Å². The molecule has 6 rings (SSSR count). The molecule has 0 atom stereocenters. The summed E-state index contributed by atoms with van der Waals surface area (Å²) in [6, 6.07) is 12.7. The molecular weight excluding hydrogens is 486 g/mol. The summed E-state index contributed by atoms with van der Waals surface area (Å²) in [5, 5.41) is 2.13. The number of ether oxygens (including phenoxy) is 2. The molecule has 206 valence electrons. The van der Waals surface area contributed by atoms with Gasteiger partial charge in [-0.1, -0.05) is 50.6 Å². The summed E-state index contributed by atoms with van der Waals surface area (Å²) >= 11 is 0. The Morgan fingerprint density at radius 3 is 2.46 bits per heavy atom. The van der Waals surface area contributed by atoms with E-state index in [1.807, 2.05) is 23.1 Å². The van der Waals surface area contributed by atoms with E-state index in [-0.39, 0.29) is 5.91 Å². The number of carbonyl (C=O) groups is 1. The summed E-state index contributed by atoms with van der Waals surface area (Å²) in [7, 11) is 0. The molecule has 0 N–H and O–H groups in total. The first kappa shape index (κ1) is 26.2. The van der Waals surface area contributed by atoms with E-state index < -0.39 is 0 Å². The number of benzene rings is 2. The Hall–Kier alpha value is -2.99. The largest absolute Gasteiger partial charge is 0.463 e. The van der Waals surface area contributed by atoms with Gasteiger partial charge in [0.1, 0.15) is 0 Å². The van der Waals surface area contributed by atoms with E-state index in [4.69, 9.17) is 19.4 Å². The van der Waals surface area contributed by atoms with Crippen molar-refractivity contribution in [2.45, 2.75) is 85.2 Å². The highest BCUT2D eigenvalue weighted by molar-refractivity contribution is 6.08. The minimum absolute atomic E-state index is 0.0547. The molecule has 0 spiro atoms. The molecule has 3 heterocycles. The fourth-order valence-electron chi connectivity index (χ4n) is 6.29. The number of hydrogen-bond acceptors (Lipinski definition) is 5. The third kappa shape index (κ3) is 5.16. The fraction of sp³-hybridized carbons (Fsp3) is 0.545. The van der Waals surface area contributed by atoms with E-state index in [1.165, 1.54) is 25.7 Å². The molecule has 0 radical (unpaired) electrons. The van der Waals surface area contributed by atoms with Crippen molar-refractivity contribution in [3.8, 4) is 6.01 Å². The van der Waals surface area contributed by atoms with Gasteiger partial charge in [-0.15, -0.1) is 0 Å². The van der Waals surface area contributed by atoms with Crippen LogP contribution < -0.4 is 4.74 Å². The van der Waals surface area contributed by atoms with Gasteiger partial charge in [0.2, 0.25) is 0 Å². The van der Waals surface area contributed by atoms with Gasteiger partial charge in [0.05, 0.1) is 44.3 Å². The number of rotatable bonds is 11. The molecule has 3 aromatic rings. The second-order valence-electron chi connectivity index (χ2n) is 12.2. The molecule has 1 saturated heterocycles. The lowest BCUT2D eigenvalue weighted by Crippen LogP contribution is -2.41. The van der Waals surface area contributed by atoms with E-state index in [2.05, 4.69) is 39.0 Å². The van der Waals surface area contributed by atoms with Crippen molar-refractivity contribution in [1.82, 2.24) is 14.9 Å². The maximum atomic E-state index is 13.9. The van der Waals surface area contributed by atoms with Crippen molar-refractivity contribution in [2.75, 3.05) is 19.8 Å². The predicted octanol–water partition coefficient (Wildman–Crippen LogP) is 6.80. The lowest BCUT2D eigenvalue weighted by molar-refractivity contribution is -0.120. The third-order valence-corrected chi connectivity index (χ3v) is 9.63. The summed E-state index contributed by atoms with van der Waals surface area (Å²) in [6.45, 7) is 10.1. The molecule has 2 aliphatic heterocycles. The molecule has 6 nitrogen and oxygen atoms in total. The zero-order valence-electron chi connectivity index (χ0n) is 23.7. The van der Waals surface area contributed by atoms with Crippen LogP contribution in [0.15, 0.2) is 36.4 Å². The second kappa shape index (κ2) is 10.5. The molecule has 39 heavy (non-hydrogen) atoms. The van der Waals surface area contributed by atoms with Crippen LogP contribution >= 0.6 is 0 Å². The maximum Gasteiger partial charge on any atom is 0.316 e. The Kier molecular flexibility index (Phi) is 7.09. The van der Waals surface area contributed by atoms with E-state index in [1.54, 1.807) is 0 Å². The Morgan fingerprint density at radius 2 is 1.77 bits per heavy atom. The standard InChI is InChI=1S/C33H41N3O3/c1-4-32(16-17-32)22-39-31-34-27(14-6-7-15-33(5-2)20-38-21-33)26-18-36(19-28(26)35-31)30(37)25-13-9-12-24-11-8-10-23(3)29(24)25/h8-13H,4-7,14-22H2,1-3H3. The summed E-state index contributed by atoms with van der Waals surface area (Å²) in [5.41, 5.74) is 5.67. The fourth-order valence-corrected chi connectivity index (χ4v) is 6.29. The van der Waals surface area contributed by atoms with E-state index in [9.17, 15) is 4.79 Å². The number of nitrogens with zero attached hydrogens (tertiary/aromatic N) is 3. The number of unbranched alkanes of at least 4 members (excludes halogenated alkanes) is 1. The van der Waals surface area contributed by atoms with Crippen LogP contribution in [0.2, 0.25) is 0 Å². The Balaban J connectivity index is 1.22. The lowest BCUT2D eigenvalue weighted by Gasteiger charge is -2.41. The summed E-state index contributed by atoms with van der Waals surface area (Å²) in [4.78, 5) is 25.6. The SMILES string of the molecule is CCC1(CCCCc2nc(OCC3(CC)CC3)nc3c2CN(C(=O)c2cccc4cccc(C)c24)C3)COC1. The van der Waals surface area contributed by atoms with Gasteiger partial charge in [-0.05, 0) is 74.3 Å². The molecule has 0 unspecified atom stereocenters. The Bertz CT molecular complexity index is 1370. The van der Waals surface area contributed by atoms with Crippen molar-refractivity contribution in [2.24, 2.45) is 10.8 Å². The highest BCUT2D eigenvalue weighted by Crippen LogP contribution is 2.48. The number of fused-ring (bicyclic) bond motifs is 2. The molecule has 2 aromatic carbocycles. The van der Waals surface area contributed by atoms with Crippen LogP contribution in [-0.2, 0) is 24.2 Å². The molecule has 1 aliphatic carbocycles. The van der Waals surface area contributed by atoms with Gasteiger partial charge in [0, 0.05) is 22.0 Å². The van der Waals surface area contributed by atoms with Gasteiger partial charge in [-0.25, -0.2) is 0 Å². The molecule has 6 heteroatoms. The van der Waals surface area contributed by atoms with E-state index in [0.717, 1.165) is 77.7 Å². The topological polar surface area (TPSA) is 64.6 Å². The van der Waals surface area contributed by atoms with Crippen LogP contribution in [0.1, 0.15) is 91.7 Å². The zero-order valence-corrected chi connectivity index (χ0v) is 23.7. The monoisotopic (exact) mass is 527 g/mol. The highest BCUT2D eigenvalue weighted by Gasteiger charge is 2.42. The smallest absolute Gasteiger partial charge is 0.316 e. The maximum absolute atomic E-state index is 13.9. The first-order chi connectivity index (χ1) is 18.9. The molecule has 3 aliphatic rings. The lowest BCUT2D eigenvalue weighted by atomic mass is 9.78. The van der Waals surface area contributed by atoms with Gasteiger partial charge < -0.3 is 14.4 Å². The van der Waals surface area contributed by atoms with Crippen LogP contribution in [0.3, 0.4) is 0 Å². The first-order valence-corrected chi connectivity index (χ1v) is 14.8. The van der Waals surface area contributed by atoms with Gasteiger partial charge in [0.15, 0.2) is 0 Å². The zero-order chi connectivity index (χ0) is 27.0. The van der Waals surface area contributed by atoms with Crippen molar-refractivity contribution in [3.05, 3.63) is 64.5 Å². The van der Waals surface area contributed by atoms with Gasteiger partial charge in [-0.3, -0.25) is 4.79 Å². The average Bonchev–Trinajstić information content (AvgIpc) is 3.59. The second-order valence-corrected chi connectivity index (χ2v) is 12.2. The number of aryl methyl sites for hydroxylation is 2. The van der Waals surface area contributed by atoms with Gasteiger partial charge in [-0.2, -0.15) is 9.97 Å². The number of hydrogen-bond donors (Lipinski definition) is 0. The molecular formula is C33H41N3O3. The minimum atomic E-state index is 0.0547. The summed E-state index contributed by atoms with van der Waals surface area (Å²) in [5.74, 6) is 0.0547.